The number of benzene rings is 1. The van der Waals surface area contributed by atoms with Crippen LogP contribution in [0.15, 0.2) is 42.5 Å². The molecule has 0 N–H and O–H groups in total. The van der Waals surface area contributed by atoms with E-state index in [0.717, 1.165) is 12.2 Å². The second-order valence-electron chi connectivity index (χ2n) is 5.22. The van der Waals surface area contributed by atoms with Crippen molar-refractivity contribution in [2.24, 2.45) is 5.41 Å². The fraction of sp³-hybridized carbons (Fsp3) is 0.429. The molecule has 1 aromatic rings. The molecule has 0 saturated carbocycles. The van der Waals surface area contributed by atoms with Crippen LogP contribution in [0.3, 0.4) is 0 Å². The lowest BCUT2D eigenvalue weighted by atomic mass is 9.88. The lowest BCUT2D eigenvalue weighted by Gasteiger charge is -2.36. The average molecular weight is 217 g/mol. The fourth-order valence-corrected chi connectivity index (χ4v) is 1.70. The first-order chi connectivity index (χ1) is 7.57. The number of hydrogen-bond acceptors (Lipinski definition) is 2. The van der Waals surface area contributed by atoms with Gasteiger partial charge in [-0.2, -0.15) is 0 Å². The number of hydroxylamine groups is 1. The third kappa shape index (κ3) is 2.45. The maximum atomic E-state index is 5.98. The van der Waals surface area contributed by atoms with Gasteiger partial charge in [0.15, 0.2) is 0 Å². The largest absolute Gasteiger partial charge is 0.265 e. The van der Waals surface area contributed by atoms with E-state index in [-0.39, 0.29) is 11.5 Å². The molecule has 1 aromatic carbocycles. The van der Waals surface area contributed by atoms with Crippen LogP contribution in [0.4, 0.5) is 5.69 Å². The Hall–Kier alpha value is -1.28. The van der Waals surface area contributed by atoms with Gasteiger partial charge in [0, 0.05) is 0 Å². The minimum Gasteiger partial charge on any atom is -0.265 e. The van der Waals surface area contributed by atoms with E-state index in [1.165, 1.54) is 0 Å². The van der Waals surface area contributed by atoms with Crippen LogP contribution >= 0.6 is 0 Å². The van der Waals surface area contributed by atoms with E-state index in [4.69, 9.17) is 4.84 Å². The summed E-state index contributed by atoms with van der Waals surface area (Å²) in [6, 6.07) is 10.2. The third-order valence-electron chi connectivity index (χ3n) is 2.72. The van der Waals surface area contributed by atoms with Crippen LogP contribution in [0.1, 0.15) is 20.8 Å². The van der Waals surface area contributed by atoms with Crippen molar-refractivity contribution in [1.29, 1.82) is 0 Å². The van der Waals surface area contributed by atoms with Gasteiger partial charge >= 0.3 is 0 Å². The number of rotatable bonds is 1. The van der Waals surface area contributed by atoms with Crippen molar-refractivity contribution in [1.82, 2.24) is 0 Å². The van der Waals surface area contributed by atoms with Crippen LogP contribution in [0, 0.1) is 5.41 Å². The van der Waals surface area contributed by atoms with E-state index in [9.17, 15) is 0 Å². The second kappa shape index (κ2) is 4.30. The van der Waals surface area contributed by atoms with Crippen LogP contribution in [0.5, 0.6) is 0 Å². The highest BCUT2D eigenvalue weighted by Gasteiger charge is 2.27. The van der Waals surface area contributed by atoms with E-state index < -0.39 is 0 Å². The Morgan fingerprint density at radius 2 is 1.88 bits per heavy atom. The molecule has 0 unspecified atom stereocenters. The fourth-order valence-electron chi connectivity index (χ4n) is 1.70. The molecule has 1 aliphatic rings. The monoisotopic (exact) mass is 217 g/mol. The summed E-state index contributed by atoms with van der Waals surface area (Å²) < 4.78 is 0. The molecule has 0 fully saturated rings. The topological polar surface area (TPSA) is 12.5 Å². The molecule has 0 amide bonds. The molecule has 2 nitrogen and oxygen atoms in total. The molecule has 1 aliphatic heterocycles. The van der Waals surface area contributed by atoms with Crippen molar-refractivity contribution in [3.05, 3.63) is 42.5 Å². The maximum Gasteiger partial charge on any atom is 0.109 e. The molecule has 0 aromatic heterocycles. The summed E-state index contributed by atoms with van der Waals surface area (Å²) in [5.41, 5.74) is 1.24. The van der Waals surface area contributed by atoms with Crippen molar-refractivity contribution in [2.45, 2.75) is 26.9 Å². The van der Waals surface area contributed by atoms with E-state index in [0.29, 0.717) is 0 Å². The Balaban J connectivity index is 2.14. The molecule has 1 atom stereocenters. The predicted molar refractivity (Wildman–Crippen MR) is 67.3 cm³/mol. The van der Waals surface area contributed by atoms with Gasteiger partial charge in [-0.1, -0.05) is 51.1 Å². The van der Waals surface area contributed by atoms with Crippen molar-refractivity contribution in [2.75, 3.05) is 11.6 Å². The minimum atomic E-state index is 0.129. The van der Waals surface area contributed by atoms with Gasteiger partial charge in [0.1, 0.15) is 6.10 Å². The number of anilines is 1. The van der Waals surface area contributed by atoms with E-state index >= 15 is 0 Å². The summed E-state index contributed by atoms with van der Waals surface area (Å²) in [5, 5.41) is 1.95. The molecule has 1 heterocycles. The number of nitrogens with zero attached hydrogens (tertiary/aromatic N) is 1. The smallest absolute Gasteiger partial charge is 0.109 e. The first-order valence-corrected chi connectivity index (χ1v) is 5.73. The molecular formula is C14H19NO. The standard InChI is InChI=1S/C14H19NO/c1-14(2,3)13-10-7-11-15(16-13)12-8-5-4-6-9-12/h4-10,13H,11H2,1-3H3/t13-/m1/s1. The van der Waals surface area contributed by atoms with E-state index in [2.05, 4.69) is 45.1 Å². The second-order valence-corrected chi connectivity index (χ2v) is 5.22. The van der Waals surface area contributed by atoms with Gasteiger partial charge in [-0.05, 0) is 17.5 Å². The maximum absolute atomic E-state index is 5.98. The Kier molecular flexibility index (Phi) is 3.01. The summed E-state index contributed by atoms with van der Waals surface area (Å²) in [6.45, 7) is 7.39. The van der Waals surface area contributed by atoms with Gasteiger partial charge in [0.2, 0.25) is 0 Å². The van der Waals surface area contributed by atoms with Crippen LogP contribution in [-0.4, -0.2) is 12.6 Å². The predicted octanol–water partition coefficient (Wildman–Crippen LogP) is 3.41. The Bertz CT molecular complexity index is 364. The molecule has 0 bridgehead atoms. The number of para-hydroxylation sites is 1. The molecule has 16 heavy (non-hydrogen) atoms. The Labute approximate surface area is 97.5 Å². The SMILES string of the molecule is CC(C)(C)[C@H]1C=CCN(c2ccccc2)O1. The van der Waals surface area contributed by atoms with E-state index in [1.807, 2.05) is 23.3 Å². The third-order valence-corrected chi connectivity index (χ3v) is 2.72. The molecule has 0 spiro atoms. The molecule has 0 aliphatic carbocycles. The molecular weight excluding hydrogens is 198 g/mol. The molecule has 2 heteroatoms. The highest BCUT2D eigenvalue weighted by atomic mass is 16.7. The van der Waals surface area contributed by atoms with Gasteiger partial charge in [0.05, 0.1) is 12.2 Å². The van der Waals surface area contributed by atoms with E-state index in [1.54, 1.807) is 0 Å². The first kappa shape index (κ1) is 11.2. The summed E-state index contributed by atoms with van der Waals surface area (Å²) in [7, 11) is 0. The average Bonchev–Trinajstić information content (AvgIpc) is 2.29. The Morgan fingerprint density at radius 1 is 1.19 bits per heavy atom. The zero-order valence-electron chi connectivity index (χ0n) is 10.2. The van der Waals surface area contributed by atoms with Crippen molar-refractivity contribution in [3.8, 4) is 0 Å². The van der Waals surface area contributed by atoms with Crippen molar-refractivity contribution in [3.63, 3.8) is 0 Å². The zero-order valence-corrected chi connectivity index (χ0v) is 10.2. The van der Waals surface area contributed by atoms with Crippen molar-refractivity contribution >= 4 is 5.69 Å². The van der Waals surface area contributed by atoms with Gasteiger partial charge in [-0.25, -0.2) is 5.06 Å². The molecule has 0 radical (unpaired) electrons. The van der Waals surface area contributed by atoms with Crippen LogP contribution in [0.2, 0.25) is 0 Å². The lowest BCUT2D eigenvalue weighted by molar-refractivity contribution is -0.00541. The quantitative estimate of drug-likeness (QED) is 0.668. The summed E-state index contributed by atoms with van der Waals surface area (Å²) in [6.07, 6.45) is 4.47. The highest BCUT2D eigenvalue weighted by Crippen LogP contribution is 2.28. The van der Waals surface area contributed by atoms with Crippen LogP contribution in [-0.2, 0) is 4.84 Å². The Morgan fingerprint density at radius 3 is 2.50 bits per heavy atom. The minimum absolute atomic E-state index is 0.129. The molecule has 0 saturated heterocycles. The zero-order chi connectivity index (χ0) is 11.6. The molecule has 86 valence electrons. The summed E-state index contributed by atoms with van der Waals surface area (Å²) in [5.74, 6) is 0. The highest BCUT2D eigenvalue weighted by molar-refractivity contribution is 5.44. The van der Waals surface area contributed by atoms with Gasteiger partial charge < -0.3 is 0 Å². The lowest BCUT2D eigenvalue weighted by Crippen LogP contribution is -2.39. The van der Waals surface area contributed by atoms with Gasteiger partial charge in [0.25, 0.3) is 0 Å². The first-order valence-electron chi connectivity index (χ1n) is 5.73. The summed E-state index contributed by atoms with van der Waals surface area (Å²) in [4.78, 5) is 5.98. The van der Waals surface area contributed by atoms with Gasteiger partial charge in [-0.15, -0.1) is 0 Å². The van der Waals surface area contributed by atoms with Crippen LogP contribution < -0.4 is 5.06 Å². The normalized spacial score (nSPS) is 21.2. The van der Waals surface area contributed by atoms with Crippen molar-refractivity contribution < 1.29 is 4.84 Å². The molecule has 2 rings (SSSR count). The van der Waals surface area contributed by atoms with Gasteiger partial charge in [-0.3, -0.25) is 4.84 Å². The number of hydrogen-bond donors (Lipinski definition) is 0. The summed E-state index contributed by atoms with van der Waals surface area (Å²) >= 11 is 0. The van der Waals surface area contributed by atoms with Crippen LogP contribution in [0.25, 0.3) is 0 Å².